The molecule has 0 radical (unpaired) electrons. The molecule has 3 aromatic rings. The molecule has 1 aliphatic rings. The lowest BCUT2D eigenvalue weighted by Crippen LogP contribution is -2.29. The molecule has 1 saturated heterocycles. The van der Waals surface area contributed by atoms with Gasteiger partial charge in [0.2, 0.25) is 0 Å². The number of Topliss-reactive ketones (excluding diaryl/α,β-unsaturated/α-hetero) is 1. The Kier molecular flexibility index (Phi) is 7.47. The molecule has 7 nitrogen and oxygen atoms in total. The number of aliphatic hydroxyl groups is 1. The van der Waals surface area contributed by atoms with Gasteiger partial charge in [0, 0.05) is 24.5 Å². The molecule has 1 N–H and O–H groups in total. The Balaban J connectivity index is 1.93. The Hall–Kier alpha value is -4.33. The molecule has 1 atom stereocenters. The molecular weight excluding hydrogens is 475 g/mol. The van der Waals surface area contributed by atoms with E-state index in [1.54, 1.807) is 36.4 Å². The van der Waals surface area contributed by atoms with Crippen LogP contribution in [0.2, 0.25) is 0 Å². The molecule has 192 valence electrons. The van der Waals surface area contributed by atoms with Crippen LogP contribution in [-0.2, 0) is 9.59 Å². The predicted octanol–water partition coefficient (Wildman–Crippen LogP) is 5.32. The standard InChI is InChI=1S/C29H29FN2O5/c1-5-31(6-2)20-11-13-21(14-12-20)32-26(18-8-7-9-22(16-18)36-3)25(28(34)29(32)35)27(33)23-17-19(30)10-15-24(23)37-4/h7-17,26,33H,5-6H2,1-4H3/b27-25+. The third-order valence-corrected chi connectivity index (χ3v) is 6.53. The van der Waals surface area contributed by atoms with Crippen LogP contribution in [0.3, 0.4) is 0 Å². The summed E-state index contributed by atoms with van der Waals surface area (Å²) in [6, 6.07) is 16.9. The summed E-state index contributed by atoms with van der Waals surface area (Å²) in [6.07, 6.45) is 0. The second-order valence-electron chi connectivity index (χ2n) is 8.48. The first-order chi connectivity index (χ1) is 17.8. The highest BCUT2D eigenvalue weighted by Gasteiger charge is 2.47. The lowest BCUT2D eigenvalue weighted by molar-refractivity contribution is -0.132. The molecular formula is C29H29FN2O5. The Morgan fingerprint density at radius 3 is 2.30 bits per heavy atom. The van der Waals surface area contributed by atoms with E-state index < -0.39 is 29.3 Å². The van der Waals surface area contributed by atoms with Crippen molar-refractivity contribution in [2.75, 3.05) is 37.1 Å². The summed E-state index contributed by atoms with van der Waals surface area (Å²) in [6.45, 7) is 5.75. The predicted molar refractivity (Wildman–Crippen MR) is 141 cm³/mol. The van der Waals surface area contributed by atoms with E-state index in [0.29, 0.717) is 17.0 Å². The number of methoxy groups -OCH3 is 2. The molecule has 1 amide bonds. The highest BCUT2D eigenvalue weighted by molar-refractivity contribution is 6.51. The smallest absolute Gasteiger partial charge is 0.300 e. The van der Waals surface area contributed by atoms with Crippen LogP contribution in [0.25, 0.3) is 5.76 Å². The zero-order valence-corrected chi connectivity index (χ0v) is 21.2. The molecule has 4 rings (SSSR count). The van der Waals surface area contributed by atoms with Crippen molar-refractivity contribution in [2.45, 2.75) is 19.9 Å². The van der Waals surface area contributed by atoms with Crippen LogP contribution in [0.5, 0.6) is 11.5 Å². The fraction of sp³-hybridized carbons (Fsp3) is 0.241. The molecule has 8 heteroatoms. The van der Waals surface area contributed by atoms with Crippen LogP contribution in [0.1, 0.15) is 31.0 Å². The number of aliphatic hydroxyl groups excluding tert-OH is 1. The van der Waals surface area contributed by atoms with Gasteiger partial charge in [-0.25, -0.2) is 4.39 Å². The largest absolute Gasteiger partial charge is 0.507 e. The highest BCUT2D eigenvalue weighted by Crippen LogP contribution is 2.44. The van der Waals surface area contributed by atoms with Crippen LogP contribution in [0.4, 0.5) is 15.8 Å². The number of benzene rings is 3. The molecule has 37 heavy (non-hydrogen) atoms. The molecule has 0 spiro atoms. The van der Waals surface area contributed by atoms with Gasteiger partial charge in [-0.05, 0) is 74.0 Å². The van der Waals surface area contributed by atoms with Gasteiger partial charge in [0.05, 0.1) is 31.4 Å². The van der Waals surface area contributed by atoms with E-state index in [2.05, 4.69) is 18.7 Å². The number of hydrogen-bond donors (Lipinski definition) is 1. The van der Waals surface area contributed by atoms with Crippen molar-refractivity contribution in [1.82, 2.24) is 0 Å². The zero-order valence-electron chi connectivity index (χ0n) is 21.2. The quantitative estimate of drug-likeness (QED) is 0.254. The third kappa shape index (κ3) is 4.74. The van der Waals surface area contributed by atoms with Gasteiger partial charge >= 0.3 is 0 Å². The molecule has 1 heterocycles. The van der Waals surface area contributed by atoms with E-state index >= 15 is 0 Å². The molecule has 0 aliphatic carbocycles. The number of carbonyl (C=O) groups excluding carboxylic acids is 2. The fourth-order valence-corrected chi connectivity index (χ4v) is 4.65. The van der Waals surface area contributed by atoms with Crippen molar-refractivity contribution in [2.24, 2.45) is 0 Å². The molecule has 0 aromatic heterocycles. The van der Waals surface area contributed by atoms with Crippen molar-refractivity contribution < 1.29 is 28.6 Å². The van der Waals surface area contributed by atoms with Crippen molar-refractivity contribution in [3.8, 4) is 11.5 Å². The second kappa shape index (κ2) is 10.7. The third-order valence-electron chi connectivity index (χ3n) is 6.53. The number of anilines is 2. The summed E-state index contributed by atoms with van der Waals surface area (Å²) in [5.41, 5.74) is 1.81. The summed E-state index contributed by atoms with van der Waals surface area (Å²) in [5.74, 6) is -2.16. The molecule has 1 unspecified atom stereocenters. The van der Waals surface area contributed by atoms with Crippen molar-refractivity contribution in [3.05, 3.63) is 89.2 Å². The second-order valence-corrected chi connectivity index (χ2v) is 8.48. The normalized spacial score (nSPS) is 16.7. The first kappa shape index (κ1) is 25.8. The number of rotatable bonds is 8. The molecule has 1 fully saturated rings. The van der Waals surface area contributed by atoms with Crippen molar-refractivity contribution in [3.63, 3.8) is 0 Å². The lowest BCUT2D eigenvalue weighted by Gasteiger charge is -2.27. The van der Waals surface area contributed by atoms with Crippen LogP contribution in [-0.4, -0.2) is 44.1 Å². The number of carbonyl (C=O) groups is 2. The fourth-order valence-electron chi connectivity index (χ4n) is 4.65. The van der Waals surface area contributed by atoms with Crippen LogP contribution in [0.15, 0.2) is 72.3 Å². The topological polar surface area (TPSA) is 79.3 Å². The average Bonchev–Trinajstić information content (AvgIpc) is 3.19. The van der Waals surface area contributed by atoms with Gasteiger partial charge < -0.3 is 19.5 Å². The van der Waals surface area contributed by atoms with E-state index in [1.807, 2.05) is 12.1 Å². The Morgan fingerprint density at radius 1 is 0.973 bits per heavy atom. The molecule has 1 aliphatic heterocycles. The van der Waals surface area contributed by atoms with E-state index in [1.165, 1.54) is 31.3 Å². The van der Waals surface area contributed by atoms with Crippen molar-refractivity contribution >= 4 is 28.8 Å². The van der Waals surface area contributed by atoms with Crippen LogP contribution >= 0.6 is 0 Å². The minimum atomic E-state index is -0.984. The number of ketones is 1. The number of amides is 1. The summed E-state index contributed by atoms with van der Waals surface area (Å²) < 4.78 is 24.8. The monoisotopic (exact) mass is 504 g/mol. The maximum Gasteiger partial charge on any atom is 0.300 e. The van der Waals surface area contributed by atoms with E-state index in [4.69, 9.17) is 9.47 Å². The number of nitrogens with zero attached hydrogens (tertiary/aromatic N) is 2. The van der Waals surface area contributed by atoms with Gasteiger partial charge in [-0.15, -0.1) is 0 Å². The van der Waals surface area contributed by atoms with Gasteiger partial charge in [-0.3, -0.25) is 14.5 Å². The van der Waals surface area contributed by atoms with E-state index in [9.17, 15) is 19.1 Å². The molecule has 0 saturated carbocycles. The summed E-state index contributed by atoms with van der Waals surface area (Å²) in [5, 5.41) is 11.3. The van der Waals surface area contributed by atoms with Gasteiger partial charge in [0.25, 0.3) is 11.7 Å². The van der Waals surface area contributed by atoms with Gasteiger partial charge in [-0.2, -0.15) is 0 Å². The average molecular weight is 505 g/mol. The van der Waals surface area contributed by atoms with Gasteiger partial charge in [-0.1, -0.05) is 12.1 Å². The number of halogens is 1. The van der Waals surface area contributed by atoms with Crippen LogP contribution in [0, 0.1) is 5.82 Å². The Morgan fingerprint density at radius 2 is 1.68 bits per heavy atom. The first-order valence-corrected chi connectivity index (χ1v) is 12.0. The summed E-state index contributed by atoms with van der Waals surface area (Å²) in [7, 11) is 2.89. The lowest BCUT2D eigenvalue weighted by atomic mass is 9.94. The minimum absolute atomic E-state index is 0.0229. The number of ether oxygens (including phenoxy) is 2. The SMILES string of the molecule is CCN(CC)c1ccc(N2C(=O)C(=O)/C(=C(/O)c3cc(F)ccc3OC)C2c2cccc(OC)c2)cc1. The zero-order chi connectivity index (χ0) is 26.7. The van der Waals surface area contributed by atoms with E-state index in [-0.39, 0.29) is 16.9 Å². The maximum atomic E-state index is 14.2. The van der Waals surface area contributed by atoms with E-state index in [0.717, 1.165) is 24.8 Å². The molecule has 3 aromatic carbocycles. The minimum Gasteiger partial charge on any atom is -0.507 e. The van der Waals surface area contributed by atoms with Crippen molar-refractivity contribution in [1.29, 1.82) is 0 Å². The summed E-state index contributed by atoms with van der Waals surface area (Å²) in [4.78, 5) is 30.3. The van der Waals surface area contributed by atoms with Gasteiger partial charge in [0.1, 0.15) is 23.1 Å². The Labute approximate surface area is 215 Å². The first-order valence-electron chi connectivity index (χ1n) is 12.0. The maximum absolute atomic E-state index is 14.2. The summed E-state index contributed by atoms with van der Waals surface area (Å²) >= 11 is 0. The van der Waals surface area contributed by atoms with Crippen LogP contribution < -0.4 is 19.3 Å². The highest BCUT2D eigenvalue weighted by atomic mass is 19.1. The Bertz CT molecular complexity index is 1350. The van der Waals surface area contributed by atoms with Gasteiger partial charge in [0.15, 0.2) is 0 Å². The number of hydrogen-bond acceptors (Lipinski definition) is 6. The molecule has 0 bridgehead atoms.